The van der Waals surface area contributed by atoms with Crippen LogP contribution in [0, 0.1) is 5.92 Å². The van der Waals surface area contributed by atoms with Crippen molar-refractivity contribution in [1.82, 2.24) is 4.90 Å². The van der Waals surface area contributed by atoms with Gasteiger partial charge in [0.25, 0.3) is 0 Å². The van der Waals surface area contributed by atoms with E-state index in [-0.39, 0.29) is 0 Å². The summed E-state index contributed by atoms with van der Waals surface area (Å²) < 4.78 is 0. The summed E-state index contributed by atoms with van der Waals surface area (Å²) in [6.45, 7) is 4.97. The molecule has 0 radical (unpaired) electrons. The summed E-state index contributed by atoms with van der Waals surface area (Å²) in [5.74, 6) is 1.22. The molecule has 0 bridgehead atoms. The number of rotatable bonds is 7. The molecular weight excluding hydrogens is 224 g/mol. The molecular formula is C15H30N2O. The zero-order valence-corrected chi connectivity index (χ0v) is 12.0. The summed E-state index contributed by atoms with van der Waals surface area (Å²) in [5.41, 5.74) is 5.46. The molecule has 0 spiro atoms. The van der Waals surface area contributed by atoms with Gasteiger partial charge in [0, 0.05) is 19.5 Å². The van der Waals surface area contributed by atoms with E-state index in [1.165, 1.54) is 32.1 Å². The van der Waals surface area contributed by atoms with Crippen LogP contribution in [0.5, 0.6) is 0 Å². The number of nitrogens with two attached hydrogens (primary N) is 1. The largest absolute Gasteiger partial charge is 0.343 e. The fourth-order valence-corrected chi connectivity index (χ4v) is 2.87. The van der Waals surface area contributed by atoms with Gasteiger partial charge in [-0.3, -0.25) is 4.79 Å². The second kappa shape index (κ2) is 9.37. The van der Waals surface area contributed by atoms with Gasteiger partial charge in [0.05, 0.1) is 0 Å². The Balaban J connectivity index is 2.22. The van der Waals surface area contributed by atoms with Crippen LogP contribution in [-0.2, 0) is 4.79 Å². The van der Waals surface area contributed by atoms with Gasteiger partial charge in [-0.05, 0) is 44.6 Å². The fraction of sp³-hybridized carbons (Fsp3) is 0.933. The number of hydrogen-bond donors (Lipinski definition) is 1. The number of carbonyl (C=O) groups excluding carboxylic acids is 1. The van der Waals surface area contributed by atoms with E-state index in [1.54, 1.807) is 0 Å². The SMILES string of the molecule is CCCC1CCCN(C(=O)CCCCCN)CC1. The minimum Gasteiger partial charge on any atom is -0.343 e. The van der Waals surface area contributed by atoms with Crippen LogP contribution in [0.3, 0.4) is 0 Å². The van der Waals surface area contributed by atoms with Crippen molar-refractivity contribution >= 4 is 5.91 Å². The second-order valence-corrected chi connectivity index (χ2v) is 5.57. The molecule has 0 aromatic heterocycles. The van der Waals surface area contributed by atoms with Gasteiger partial charge >= 0.3 is 0 Å². The van der Waals surface area contributed by atoms with Crippen molar-refractivity contribution in [3.05, 3.63) is 0 Å². The molecule has 0 saturated carbocycles. The lowest BCUT2D eigenvalue weighted by Crippen LogP contribution is -2.31. The van der Waals surface area contributed by atoms with Crippen molar-refractivity contribution in [3.63, 3.8) is 0 Å². The molecule has 1 saturated heterocycles. The van der Waals surface area contributed by atoms with E-state index in [0.717, 1.165) is 51.2 Å². The quantitative estimate of drug-likeness (QED) is 0.710. The lowest BCUT2D eigenvalue weighted by molar-refractivity contribution is -0.131. The van der Waals surface area contributed by atoms with Crippen LogP contribution in [0.25, 0.3) is 0 Å². The molecule has 3 heteroatoms. The van der Waals surface area contributed by atoms with Gasteiger partial charge in [-0.1, -0.05) is 26.2 Å². The third-order valence-corrected chi connectivity index (χ3v) is 3.99. The number of nitrogens with zero attached hydrogens (tertiary/aromatic N) is 1. The van der Waals surface area contributed by atoms with Crippen molar-refractivity contribution in [3.8, 4) is 0 Å². The molecule has 1 fully saturated rings. The summed E-state index contributed by atoms with van der Waals surface area (Å²) in [6, 6.07) is 0. The molecule has 1 heterocycles. The Bertz CT molecular complexity index is 231. The highest BCUT2D eigenvalue weighted by Crippen LogP contribution is 2.22. The van der Waals surface area contributed by atoms with Crippen LogP contribution < -0.4 is 5.73 Å². The van der Waals surface area contributed by atoms with Crippen molar-refractivity contribution in [2.45, 2.75) is 64.7 Å². The first-order valence-electron chi connectivity index (χ1n) is 7.75. The first kappa shape index (κ1) is 15.5. The minimum absolute atomic E-state index is 0.365. The van der Waals surface area contributed by atoms with Crippen LogP contribution in [0.15, 0.2) is 0 Å². The second-order valence-electron chi connectivity index (χ2n) is 5.57. The smallest absolute Gasteiger partial charge is 0.222 e. The maximum absolute atomic E-state index is 12.1. The van der Waals surface area contributed by atoms with Crippen LogP contribution in [-0.4, -0.2) is 30.4 Å². The Kier molecular flexibility index (Phi) is 8.06. The molecule has 2 N–H and O–H groups in total. The summed E-state index contributed by atoms with van der Waals surface area (Å²) in [6.07, 6.45) is 10.2. The Labute approximate surface area is 112 Å². The highest BCUT2D eigenvalue weighted by Gasteiger charge is 2.19. The summed E-state index contributed by atoms with van der Waals surface area (Å²) in [4.78, 5) is 14.2. The molecule has 1 amide bonds. The van der Waals surface area contributed by atoms with Gasteiger partial charge in [-0.2, -0.15) is 0 Å². The molecule has 18 heavy (non-hydrogen) atoms. The molecule has 0 aliphatic carbocycles. The molecule has 1 aliphatic heterocycles. The maximum Gasteiger partial charge on any atom is 0.222 e. The van der Waals surface area contributed by atoms with E-state index in [0.29, 0.717) is 5.91 Å². The molecule has 1 aliphatic rings. The summed E-state index contributed by atoms with van der Waals surface area (Å²) in [7, 11) is 0. The lowest BCUT2D eigenvalue weighted by atomic mass is 9.96. The third-order valence-electron chi connectivity index (χ3n) is 3.99. The van der Waals surface area contributed by atoms with E-state index in [1.807, 2.05) is 0 Å². The molecule has 1 atom stereocenters. The summed E-state index contributed by atoms with van der Waals surface area (Å²) >= 11 is 0. The molecule has 1 rings (SSSR count). The van der Waals surface area contributed by atoms with Gasteiger partial charge in [0.1, 0.15) is 0 Å². The van der Waals surface area contributed by atoms with Gasteiger partial charge < -0.3 is 10.6 Å². The lowest BCUT2D eigenvalue weighted by Gasteiger charge is -2.20. The van der Waals surface area contributed by atoms with Crippen molar-refractivity contribution in [2.24, 2.45) is 11.7 Å². The zero-order chi connectivity index (χ0) is 13.2. The van der Waals surface area contributed by atoms with Crippen molar-refractivity contribution in [1.29, 1.82) is 0 Å². The Morgan fingerprint density at radius 1 is 1.22 bits per heavy atom. The van der Waals surface area contributed by atoms with E-state index in [4.69, 9.17) is 5.73 Å². The third kappa shape index (κ3) is 5.85. The minimum atomic E-state index is 0.365. The number of unbranched alkanes of at least 4 members (excludes halogenated alkanes) is 2. The highest BCUT2D eigenvalue weighted by molar-refractivity contribution is 5.76. The molecule has 106 valence electrons. The van der Waals surface area contributed by atoms with Crippen LogP contribution >= 0.6 is 0 Å². The van der Waals surface area contributed by atoms with Gasteiger partial charge in [-0.25, -0.2) is 0 Å². The van der Waals surface area contributed by atoms with E-state index in [2.05, 4.69) is 11.8 Å². The van der Waals surface area contributed by atoms with Crippen LogP contribution in [0.2, 0.25) is 0 Å². The van der Waals surface area contributed by atoms with E-state index in [9.17, 15) is 4.79 Å². The summed E-state index contributed by atoms with van der Waals surface area (Å²) in [5, 5.41) is 0. The predicted octanol–water partition coefficient (Wildman–Crippen LogP) is 2.93. The van der Waals surface area contributed by atoms with E-state index < -0.39 is 0 Å². The first-order valence-corrected chi connectivity index (χ1v) is 7.75. The van der Waals surface area contributed by atoms with Gasteiger partial charge in [0.15, 0.2) is 0 Å². The van der Waals surface area contributed by atoms with Gasteiger partial charge in [-0.15, -0.1) is 0 Å². The van der Waals surface area contributed by atoms with Crippen LogP contribution in [0.1, 0.15) is 64.7 Å². The van der Waals surface area contributed by atoms with Crippen LogP contribution in [0.4, 0.5) is 0 Å². The fourth-order valence-electron chi connectivity index (χ4n) is 2.87. The van der Waals surface area contributed by atoms with Gasteiger partial charge in [0.2, 0.25) is 5.91 Å². The Morgan fingerprint density at radius 2 is 2.06 bits per heavy atom. The maximum atomic E-state index is 12.1. The Hall–Kier alpha value is -0.570. The number of amides is 1. The Morgan fingerprint density at radius 3 is 2.78 bits per heavy atom. The topological polar surface area (TPSA) is 46.3 Å². The normalized spacial score (nSPS) is 20.8. The van der Waals surface area contributed by atoms with Crippen molar-refractivity contribution in [2.75, 3.05) is 19.6 Å². The number of likely N-dealkylation sites (tertiary alicyclic amines) is 1. The molecule has 1 unspecified atom stereocenters. The predicted molar refractivity (Wildman–Crippen MR) is 76.4 cm³/mol. The molecule has 0 aromatic rings. The highest BCUT2D eigenvalue weighted by atomic mass is 16.2. The first-order chi connectivity index (χ1) is 8.77. The zero-order valence-electron chi connectivity index (χ0n) is 12.0. The number of carbonyl (C=O) groups is 1. The standard InChI is InChI=1S/C15H30N2O/c1-2-7-14-8-6-12-17(13-10-14)15(18)9-4-3-5-11-16/h14H,2-13,16H2,1H3. The van der Waals surface area contributed by atoms with Crippen molar-refractivity contribution < 1.29 is 4.79 Å². The monoisotopic (exact) mass is 254 g/mol. The van der Waals surface area contributed by atoms with E-state index >= 15 is 0 Å². The molecule has 3 nitrogen and oxygen atoms in total. The molecule has 0 aromatic carbocycles. The number of hydrogen-bond acceptors (Lipinski definition) is 2. The average Bonchev–Trinajstić information content (AvgIpc) is 2.61. The average molecular weight is 254 g/mol.